The van der Waals surface area contributed by atoms with Gasteiger partial charge in [0.1, 0.15) is 0 Å². The fourth-order valence-electron chi connectivity index (χ4n) is 2.71. The minimum atomic E-state index is -0.115. The first kappa shape index (κ1) is 18.1. The van der Waals surface area contributed by atoms with Gasteiger partial charge >= 0.3 is 0 Å². The van der Waals surface area contributed by atoms with E-state index in [9.17, 15) is 4.79 Å². The number of H-pyrrole nitrogens is 1. The van der Waals surface area contributed by atoms with Crippen LogP contribution in [0.5, 0.6) is 0 Å². The van der Waals surface area contributed by atoms with Gasteiger partial charge in [-0.15, -0.1) is 10.2 Å². The topological polar surface area (TPSA) is 83.8 Å². The van der Waals surface area contributed by atoms with Gasteiger partial charge in [0.15, 0.2) is 0 Å². The summed E-state index contributed by atoms with van der Waals surface area (Å²) in [5.74, 6) is 0.515. The van der Waals surface area contributed by atoms with Crippen molar-refractivity contribution < 1.29 is 9.21 Å². The summed E-state index contributed by atoms with van der Waals surface area (Å²) in [5, 5.41) is 12.4. The molecular formula is C19H15IN4O2S. The molecule has 27 heavy (non-hydrogen) atoms. The third kappa shape index (κ3) is 4.01. The van der Waals surface area contributed by atoms with Crippen LogP contribution in [0.1, 0.15) is 5.56 Å². The summed E-state index contributed by atoms with van der Waals surface area (Å²) in [7, 11) is 0. The Balaban J connectivity index is 1.41. The Morgan fingerprint density at radius 3 is 2.96 bits per heavy atom. The van der Waals surface area contributed by atoms with Crippen molar-refractivity contribution in [1.82, 2.24) is 15.2 Å². The molecular weight excluding hydrogens is 475 g/mol. The number of carbonyl (C=O) groups is 1. The molecule has 0 radical (unpaired) electrons. The Bertz CT molecular complexity index is 1120. The van der Waals surface area contributed by atoms with Crippen molar-refractivity contribution in [2.75, 3.05) is 11.1 Å². The largest absolute Gasteiger partial charge is 0.411 e. The zero-order valence-electron chi connectivity index (χ0n) is 14.3. The summed E-state index contributed by atoms with van der Waals surface area (Å²) in [4.78, 5) is 15.4. The molecule has 136 valence electrons. The van der Waals surface area contributed by atoms with Gasteiger partial charge < -0.3 is 14.7 Å². The number of aromatic amines is 1. The lowest BCUT2D eigenvalue weighted by atomic mass is 10.2. The molecule has 2 N–H and O–H groups in total. The third-order valence-electron chi connectivity index (χ3n) is 4.02. The molecule has 1 amide bonds. The first-order valence-electron chi connectivity index (χ1n) is 8.19. The Hall–Kier alpha value is -2.33. The zero-order valence-corrected chi connectivity index (χ0v) is 17.3. The van der Waals surface area contributed by atoms with Crippen LogP contribution in [0, 0.1) is 10.5 Å². The van der Waals surface area contributed by atoms with Crippen LogP contribution in [-0.2, 0) is 4.79 Å². The highest BCUT2D eigenvalue weighted by Gasteiger charge is 2.14. The standard InChI is InChI=1S/C19H15IN4O2S/c1-11-8-12(20)6-7-15(11)22-17(25)10-27-19-24-23-18(26-19)14-9-21-16-5-3-2-4-13(14)16/h2-9,21H,10H2,1H3,(H,22,25). The normalized spacial score (nSPS) is 11.0. The summed E-state index contributed by atoms with van der Waals surface area (Å²) in [5.41, 5.74) is 3.70. The lowest BCUT2D eigenvalue weighted by Gasteiger charge is -2.07. The summed E-state index contributed by atoms with van der Waals surface area (Å²) in [6, 6.07) is 13.8. The van der Waals surface area contributed by atoms with Crippen molar-refractivity contribution in [2.45, 2.75) is 12.1 Å². The third-order valence-corrected chi connectivity index (χ3v) is 5.50. The van der Waals surface area contributed by atoms with Crippen molar-refractivity contribution in [3.05, 3.63) is 57.8 Å². The van der Waals surface area contributed by atoms with E-state index in [0.717, 1.165) is 31.3 Å². The highest BCUT2D eigenvalue weighted by molar-refractivity contribution is 14.1. The number of para-hydroxylation sites is 1. The highest BCUT2D eigenvalue weighted by Crippen LogP contribution is 2.29. The van der Waals surface area contributed by atoms with Crippen LogP contribution in [0.25, 0.3) is 22.4 Å². The SMILES string of the molecule is Cc1cc(I)ccc1NC(=O)CSc1nnc(-c2c[nH]c3ccccc23)o1. The van der Waals surface area contributed by atoms with Gasteiger partial charge in [0, 0.05) is 26.4 Å². The number of amides is 1. The van der Waals surface area contributed by atoms with Crippen LogP contribution in [-0.4, -0.2) is 26.8 Å². The van der Waals surface area contributed by atoms with Gasteiger partial charge in [-0.25, -0.2) is 0 Å². The smallest absolute Gasteiger partial charge is 0.277 e. The van der Waals surface area contributed by atoms with Gasteiger partial charge in [-0.2, -0.15) is 0 Å². The van der Waals surface area contributed by atoms with E-state index in [-0.39, 0.29) is 11.7 Å². The minimum absolute atomic E-state index is 0.115. The summed E-state index contributed by atoms with van der Waals surface area (Å²) >= 11 is 3.46. The average molecular weight is 490 g/mol. The van der Waals surface area contributed by atoms with Crippen molar-refractivity contribution in [3.8, 4) is 11.5 Å². The van der Waals surface area contributed by atoms with Crippen molar-refractivity contribution in [2.24, 2.45) is 0 Å². The average Bonchev–Trinajstić information content (AvgIpc) is 3.29. The van der Waals surface area contributed by atoms with Crippen molar-refractivity contribution in [1.29, 1.82) is 0 Å². The second-order valence-electron chi connectivity index (χ2n) is 5.92. The van der Waals surface area contributed by atoms with E-state index in [2.05, 4.69) is 43.1 Å². The lowest BCUT2D eigenvalue weighted by molar-refractivity contribution is -0.113. The molecule has 0 saturated carbocycles. The van der Waals surface area contributed by atoms with E-state index < -0.39 is 0 Å². The second kappa shape index (κ2) is 7.73. The van der Waals surface area contributed by atoms with E-state index in [1.165, 1.54) is 11.8 Å². The Morgan fingerprint density at radius 2 is 2.11 bits per heavy atom. The van der Waals surface area contributed by atoms with E-state index in [1.54, 1.807) is 0 Å². The quantitative estimate of drug-likeness (QED) is 0.308. The van der Waals surface area contributed by atoms with E-state index in [4.69, 9.17) is 4.42 Å². The number of rotatable bonds is 5. The van der Waals surface area contributed by atoms with Gasteiger partial charge in [0.05, 0.1) is 11.3 Å². The van der Waals surface area contributed by atoms with Crippen LogP contribution in [0.3, 0.4) is 0 Å². The molecule has 0 spiro atoms. The van der Waals surface area contributed by atoms with E-state index in [0.29, 0.717) is 11.1 Å². The number of thioether (sulfide) groups is 1. The van der Waals surface area contributed by atoms with Gasteiger partial charge in [-0.1, -0.05) is 30.0 Å². The molecule has 8 heteroatoms. The zero-order chi connectivity index (χ0) is 18.8. The predicted molar refractivity (Wildman–Crippen MR) is 115 cm³/mol. The van der Waals surface area contributed by atoms with Crippen LogP contribution in [0.15, 0.2) is 58.3 Å². The monoisotopic (exact) mass is 490 g/mol. The number of anilines is 1. The molecule has 0 unspecified atom stereocenters. The fourth-order valence-corrected chi connectivity index (χ4v) is 3.92. The number of carbonyl (C=O) groups excluding carboxylic acids is 1. The number of aryl methyl sites for hydroxylation is 1. The number of fused-ring (bicyclic) bond motifs is 1. The molecule has 4 rings (SSSR count). The summed E-state index contributed by atoms with van der Waals surface area (Å²) in [6.45, 7) is 1.97. The number of benzene rings is 2. The van der Waals surface area contributed by atoms with Gasteiger partial charge in [0.25, 0.3) is 11.1 Å². The number of aromatic nitrogens is 3. The maximum atomic E-state index is 12.2. The second-order valence-corrected chi connectivity index (χ2v) is 8.09. The maximum absolute atomic E-state index is 12.2. The first-order chi connectivity index (χ1) is 13.1. The highest BCUT2D eigenvalue weighted by atomic mass is 127. The molecule has 6 nitrogen and oxygen atoms in total. The molecule has 0 aliphatic heterocycles. The minimum Gasteiger partial charge on any atom is -0.411 e. The molecule has 2 aromatic carbocycles. The summed E-state index contributed by atoms with van der Waals surface area (Å²) < 4.78 is 6.85. The number of nitrogens with zero attached hydrogens (tertiary/aromatic N) is 2. The lowest BCUT2D eigenvalue weighted by Crippen LogP contribution is -2.14. The number of hydrogen-bond acceptors (Lipinski definition) is 5. The van der Waals surface area contributed by atoms with Gasteiger partial charge in [-0.05, 0) is 59.3 Å². The van der Waals surface area contributed by atoms with Gasteiger partial charge in [0.2, 0.25) is 5.91 Å². The Kier molecular flexibility index (Phi) is 5.17. The van der Waals surface area contributed by atoms with Crippen molar-refractivity contribution >= 4 is 56.9 Å². The van der Waals surface area contributed by atoms with Crippen LogP contribution >= 0.6 is 34.4 Å². The molecule has 2 heterocycles. The van der Waals surface area contributed by atoms with Crippen molar-refractivity contribution in [3.63, 3.8) is 0 Å². The Morgan fingerprint density at radius 1 is 1.26 bits per heavy atom. The molecule has 0 fully saturated rings. The Labute approximate surface area is 173 Å². The van der Waals surface area contributed by atoms with Crippen LogP contribution < -0.4 is 5.32 Å². The molecule has 0 saturated heterocycles. The number of halogens is 1. The molecule has 0 aliphatic carbocycles. The van der Waals surface area contributed by atoms with E-state index in [1.807, 2.05) is 55.6 Å². The molecule has 0 bridgehead atoms. The first-order valence-corrected chi connectivity index (χ1v) is 10.3. The fraction of sp³-hybridized carbons (Fsp3) is 0.105. The number of hydrogen-bond donors (Lipinski definition) is 2. The van der Waals surface area contributed by atoms with Crippen LogP contribution in [0.4, 0.5) is 5.69 Å². The maximum Gasteiger partial charge on any atom is 0.277 e. The summed E-state index contributed by atoms with van der Waals surface area (Å²) in [6.07, 6.45) is 1.85. The molecule has 4 aromatic rings. The molecule has 2 aromatic heterocycles. The molecule has 0 atom stereocenters. The van der Waals surface area contributed by atoms with Crippen LogP contribution in [0.2, 0.25) is 0 Å². The molecule has 0 aliphatic rings. The van der Waals surface area contributed by atoms with Gasteiger partial charge in [-0.3, -0.25) is 4.79 Å². The number of nitrogens with one attached hydrogen (secondary N) is 2. The predicted octanol–water partition coefficient (Wildman–Crippen LogP) is 4.86. The van der Waals surface area contributed by atoms with E-state index >= 15 is 0 Å².